The molecule has 2 heterocycles. The van der Waals surface area contributed by atoms with Crippen LogP contribution in [0.25, 0.3) is 0 Å². The van der Waals surface area contributed by atoms with Gasteiger partial charge in [0.1, 0.15) is 11.5 Å². The summed E-state index contributed by atoms with van der Waals surface area (Å²) in [5.41, 5.74) is 1.85. The first-order chi connectivity index (χ1) is 15.8. The largest absolute Gasteiger partial charge is 0.497 e. The summed E-state index contributed by atoms with van der Waals surface area (Å²) in [5, 5.41) is 5.67. The zero-order valence-corrected chi connectivity index (χ0v) is 19.4. The molecule has 0 bridgehead atoms. The van der Waals surface area contributed by atoms with E-state index in [0.717, 1.165) is 5.56 Å². The molecule has 10 heteroatoms. The van der Waals surface area contributed by atoms with Crippen LogP contribution in [-0.2, 0) is 19.6 Å². The third kappa shape index (κ3) is 4.62. The molecule has 2 aliphatic heterocycles. The van der Waals surface area contributed by atoms with E-state index in [1.807, 2.05) is 25.1 Å². The first-order valence-electron chi connectivity index (χ1n) is 10.7. The van der Waals surface area contributed by atoms with Gasteiger partial charge in [-0.2, -0.15) is 9.41 Å². The van der Waals surface area contributed by atoms with Crippen LogP contribution in [0.5, 0.6) is 5.75 Å². The van der Waals surface area contributed by atoms with Crippen molar-refractivity contribution in [2.45, 2.75) is 24.7 Å². The number of carbonyl (C=O) groups excluding carboxylic acids is 2. The van der Waals surface area contributed by atoms with Crippen LogP contribution in [0.15, 0.2) is 58.5 Å². The summed E-state index contributed by atoms with van der Waals surface area (Å²) >= 11 is 0. The van der Waals surface area contributed by atoms with Gasteiger partial charge in [0.2, 0.25) is 15.9 Å². The Morgan fingerprint density at radius 3 is 2.27 bits per heavy atom. The Labute approximate surface area is 193 Å². The second kappa shape index (κ2) is 9.32. The normalized spacial score (nSPS) is 17.6. The summed E-state index contributed by atoms with van der Waals surface area (Å²) < 4.78 is 32.4. The average molecular weight is 471 g/mol. The Balaban J connectivity index is 1.45. The monoisotopic (exact) mass is 470 g/mol. The molecule has 2 aromatic rings. The van der Waals surface area contributed by atoms with Crippen molar-refractivity contribution in [2.75, 3.05) is 38.3 Å². The number of hydrazone groups is 1. The number of para-hydroxylation sites is 1. The number of ether oxygens (including phenoxy) is 1. The number of rotatable bonds is 5. The summed E-state index contributed by atoms with van der Waals surface area (Å²) in [7, 11) is -2.14. The summed E-state index contributed by atoms with van der Waals surface area (Å²) in [6.07, 6.45) is 0.467. The molecule has 0 N–H and O–H groups in total. The number of nitrogens with zero attached hydrogens (tertiary/aromatic N) is 4. The van der Waals surface area contributed by atoms with Gasteiger partial charge in [0, 0.05) is 39.0 Å². The fourth-order valence-corrected chi connectivity index (χ4v) is 5.33. The maximum absolute atomic E-state index is 13.1. The lowest BCUT2D eigenvalue weighted by molar-refractivity contribution is -0.125. The van der Waals surface area contributed by atoms with E-state index in [1.165, 1.54) is 28.6 Å². The number of piperazine rings is 1. The van der Waals surface area contributed by atoms with E-state index in [2.05, 4.69) is 5.10 Å². The molecule has 1 fully saturated rings. The van der Waals surface area contributed by atoms with Crippen molar-refractivity contribution in [3.05, 3.63) is 54.1 Å². The molecule has 9 nitrogen and oxygen atoms in total. The molecular formula is C23H26N4O5S. The molecule has 2 amide bonds. The highest BCUT2D eigenvalue weighted by Gasteiger charge is 2.33. The van der Waals surface area contributed by atoms with Crippen LogP contribution in [0.2, 0.25) is 0 Å². The predicted octanol–water partition coefficient (Wildman–Crippen LogP) is 2.02. The minimum atomic E-state index is -3.66. The van der Waals surface area contributed by atoms with E-state index < -0.39 is 10.0 Å². The number of sulfonamides is 1. The van der Waals surface area contributed by atoms with Gasteiger partial charge >= 0.3 is 0 Å². The highest BCUT2D eigenvalue weighted by atomic mass is 32.2. The topological polar surface area (TPSA) is 99.6 Å². The van der Waals surface area contributed by atoms with Crippen LogP contribution in [-0.4, -0.2) is 68.4 Å². The van der Waals surface area contributed by atoms with Crippen LogP contribution in [0.4, 0.5) is 5.69 Å². The number of hydrogen-bond acceptors (Lipinski definition) is 6. The van der Waals surface area contributed by atoms with Crippen LogP contribution in [0.1, 0.15) is 18.4 Å². The van der Waals surface area contributed by atoms with Gasteiger partial charge in [0.15, 0.2) is 0 Å². The van der Waals surface area contributed by atoms with Gasteiger partial charge in [0.25, 0.3) is 5.91 Å². The minimum Gasteiger partial charge on any atom is -0.497 e. The second-order valence-electron chi connectivity index (χ2n) is 7.91. The molecule has 0 unspecified atom stereocenters. The first kappa shape index (κ1) is 22.9. The minimum absolute atomic E-state index is 0.156. The smallest absolute Gasteiger partial charge is 0.270 e. The molecule has 4 rings (SSSR count). The molecular weight excluding hydrogens is 444 g/mol. The van der Waals surface area contributed by atoms with E-state index in [1.54, 1.807) is 23.1 Å². The van der Waals surface area contributed by atoms with Crippen LogP contribution in [0.3, 0.4) is 0 Å². The van der Waals surface area contributed by atoms with Crippen molar-refractivity contribution >= 4 is 33.2 Å². The Kier molecular flexibility index (Phi) is 6.48. The molecule has 2 aliphatic rings. The van der Waals surface area contributed by atoms with Crippen molar-refractivity contribution in [3.63, 3.8) is 0 Å². The zero-order valence-electron chi connectivity index (χ0n) is 18.6. The quantitative estimate of drug-likeness (QED) is 0.666. The summed E-state index contributed by atoms with van der Waals surface area (Å²) in [6.45, 7) is 2.77. The van der Waals surface area contributed by atoms with E-state index >= 15 is 0 Å². The molecule has 0 radical (unpaired) electrons. The SMILES string of the molecule is COc1ccc(S(=O)(=O)N2CCN(C(=O)C3=NN(c4ccccc4C)C(=O)CC3)CC2)cc1. The number of benzene rings is 2. The zero-order chi connectivity index (χ0) is 23.6. The van der Waals surface area contributed by atoms with Crippen molar-refractivity contribution < 1.29 is 22.7 Å². The standard InChI is InChI=1S/C23H26N4O5S/c1-17-5-3-4-6-21(17)27-22(28)12-11-20(24-27)23(29)25-13-15-26(16-14-25)33(30,31)19-9-7-18(32-2)8-10-19/h3-10H,11-16H2,1-2H3. The molecule has 2 aromatic carbocycles. The highest BCUT2D eigenvalue weighted by molar-refractivity contribution is 7.89. The van der Waals surface area contributed by atoms with Gasteiger partial charge < -0.3 is 9.64 Å². The van der Waals surface area contributed by atoms with Crippen LogP contribution in [0, 0.1) is 6.92 Å². The molecule has 0 saturated carbocycles. The molecule has 1 saturated heterocycles. The summed E-state index contributed by atoms with van der Waals surface area (Å²) in [5.74, 6) is 0.162. The number of aryl methyl sites for hydroxylation is 1. The van der Waals surface area contributed by atoms with Crippen molar-refractivity contribution in [1.29, 1.82) is 0 Å². The van der Waals surface area contributed by atoms with Crippen molar-refractivity contribution in [2.24, 2.45) is 5.10 Å². The Bertz CT molecular complexity index is 1190. The summed E-state index contributed by atoms with van der Waals surface area (Å²) in [6, 6.07) is 13.6. The van der Waals surface area contributed by atoms with Gasteiger partial charge in [-0.3, -0.25) is 9.59 Å². The molecule has 0 atom stereocenters. The van der Waals surface area contributed by atoms with Gasteiger partial charge in [-0.1, -0.05) is 18.2 Å². The number of hydrogen-bond donors (Lipinski definition) is 0. The van der Waals surface area contributed by atoms with Crippen molar-refractivity contribution in [3.8, 4) is 5.75 Å². The Hall–Kier alpha value is -3.24. The van der Waals surface area contributed by atoms with E-state index in [9.17, 15) is 18.0 Å². The Morgan fingerprint density at radius 1 is 0.970 bits per heavy atom. The van der Waals surface area contributed by atoms with Gasteiger partial charge in [-0.25, -0.2) is 13.4 Å². The van der Waals surface area contributed by atoms with Crippen LogP contribution >= 0.6 is 0 Å². The predicted molar refractivity (Wildman–Crippen MR) is 124 cm³/mol. The molecule has 0 aliphatic carbocycles. The van der Waals surface area contributed by atoms with E-state index in [-0.39, 0.29) is 55.7 Å². The third-order valence-electron chi connectivity index (χ3n) is 5.85. The maximum Gasteiger partial charge on any atom is 0.270 e. The lowest BCUT2D eigenvalue weighted by Crippen LogP contribution is -2.52. The molecule has 0 spiro atoms. The van der Waals surface area contributed by atoms with Crippen molar-refractivity contribution in [1.82, 2.24) is 9.21 Å². The lowest BCUT2D eigenvalue weighted by Gasteiger charge is -2.35. The fourth-order valence-electron chi connectivity index (χ4n) is 3.91. The van der Waals surface area contributed by atoms with Gasteiger partial charge in [-0.05, 0) is 42.8 Å². The molecule has 0 aromatic heterocycles. The third-order valence-corrected chi connectivity index (χ3v) is 7.76. The fraction of sp³-hybridized carbons (Fsp3) is 0.348. The number of anilines is 1. The molecule has 174 valence electrons. The van der Waals surface area contributed by atoms with E-state index in [4.69, 9.17) is 4.74 Å². The summed E-state index contributed by atoms with van der Waals surface area (Å²) in [4.78, 5) is 27.3. The van der Waals surface area contributed by atoms with Crippen LogP contribution < -0.4 is 9.75 Å². The average Bonchev–Trinajstić information content (AvgIpc) is 2.84. The van der Waals surface area contributed by atoms with Gasteiger partial charge in [0.05, 0.1) is 17.7 Å². The van der Waals surface area contributed by atoms with E-state index in [0.29, 0.717) is 17.1 Å². The first-order valence-corrected chi connectivity index (χ1v) is 12.1. The maximum atomic E-state index is 13.1. The molecule has 33 heavy (non-hydrogen) atoms. The lowest BCUT2D eigenvalue weighted by atomic mass is 10.1. The number of carbonyl (C=O) groups is 2. The number of methoxy groups -OCH3 is 1. The highest BCUT2D eigenvalue weighted by Crippen LogP contribution is 2.25. The van der Waals surface area contributed by atoms with Gasteiger partial charge in [-0.15, -0.1) is 0 Å². The Morgan fingerprint density at radius 2 is 1.64 bits per heavy atom. The number of amides is 2. The second-order valence-corrected chi connectivity index (χ2v) is 9.85.